The first-order chi connectivity index (χ1) is 9.94. The maximum absolute atomic E-state index is 11.6. The molecule has 0 atom stereocenters. The van der Waals surface area contributed by atoms with Gasteiger partial charge in [-0.1, -0.05) is 0 Å². The second kappa shape index (κ2) is 7.73. The Morgan fingerprint density at radius 3 is 2.10 bits per heavy atom. The zero-order chi connectivity index (χ0) is 15.8. The summed E-state index contributed by atoms with van der Waals surface area (Å²) in [6.07, 6.45) is -0.615. The van der Waals surface area contributed by atoms with Crippen molar-refractivity contribution in [2.24, 2.45) is 0 Å². The number of benzene rings is 1. The summed E-state index contributed by atoms with van der Waals surface area (Å²) in [6, 6.07) is 3.95. The topological polar surface area (TPSA) is 114 Å². The number of hydrogen-bond acceptors (Lipinski definition) is 5. The first kappa shape index (κ1) is 16.3. The summed E-state index contributed by atoms with van der Waals surface area (Å²) >= 11 is 0. The lowest BCUT2D eigenvalue weighted by atomic mass is 10.2. The molecule has 0 spiro atoms. The number of carboxylic acid groups (broad SMARTS) is 1. The Kier molecular flexibility index (Phi) is 5.99. The molecule has 0 unspecified atom stereocenters. The molecule has 3 amide bonds. The molecule has 21 heavy (non-hydrogen) atoms. The predicted molar refractivity (Wildman–Crippen MR) is 73.6 cm³/mol. The van der Waals surface area contributed by atoms with Crippen LogP contribution in [0.4, 0.5) is 10.5 Å². The van der Waals surface area contributed by atoms with Crippen LogP contribution in [0.1, 0.15) is 12.8 Å². The average Bonchev–Trinajstić information content (AvgIpc) is 2.44. The average molecular weight is 296 g/mol. The van der Waals surface area contributed by atoms with Crippen LogP contribution in [0, 0.1) is 0 Å². The standard InChI is InChI=1S/C13H16N2O6/c1-20-9-5-8(6-10(7-9)21-2)14-13(19)15-11(16)3-4-12(17)18/h5-7H,3-4H2,1-2H3,(H,17,18)(H2,14,15,16,19). The third-order valence-electron chi connectivity index (χ3n) is 2.43. The van der Waals surface area contributed by atoms with Crippen LogP contribution in [-0.4, -0.2) is 37.2 Å². The van der Waals surface area contributed by atoms with Crippen molar-refractivity contribution in [1.82, 2.24) is 5.32 Å². The number of rotatable bonds is 6. The van der Waals surface area contributed by atoms with Gasteiger partial charge in [-0.15, -0.1) is 0 Å². The molecule has 0 aliphatic heterocycles. The van der Waals surface area contributed by atoms with Crippen molar-refractivity contribution in [3.8, 4) is 11.5 Å². The van der Waals surface area contributed by atoms with Gasteiger partial charge in [0.15, 0.2) is 0 Å². The summed E-state index contributed by atoms with van der Waals surface area (Å²) in [6.45, 7) is 0. The van der Waals surface area contributed by atoms with Crippen LogP contribution in [-0.2, 0) is 9.59 Å². The Morgan fingerprint density at radius 1 is 1.05 bits per heavy atom. The van der Waals surface area contributed by atoms with Crippen LogP contribution in [0.2, 0.25) is 0 Å². The van der Waals surface area contributed by atoms with E-state index in [2.05, 4.69) is 5.32 Å². The number of carbonyl (C=O) groups is 3. The van der Waals surface area contributed by atoms with Crippen molar-refractivity contribution < 1.29 is 29.0 Å². The van der Waals surface area contributed by atoms with Crippen LogP contribution in [0.3, 0.4) is 0 Å². The van der Waals surface area contributed by atoms with E-state index in [9.17, 15) is 14.4 Å². The summed E-state index contributed by atoms with van der Waals surface area (Å²) in [5.41, 5.74) is 0.370. The van der Waals surface area contributed by atoms with Crippen molar-refractivity contribution >= 4 is 23.6 Å². The van der Waals surface area contributed by atoms with Gasteiger partial charge >= 0.3 is 12.0 Å². The van der Waals surface area contributed by atoms with Gasteiger partial charge < -0.3 is 19.9 Å². The largest absolute Gasteiger partial charge is 0.497 e. The minimum atomic E-state index is -1.11. The second-order valence-electron chi connectivity index (χ2n) is 4.00. The normalized spacial score (nSPS) is 9.62. The number of aliphatic carboxylic acids is 1. The van der Waals surface area contributed by atoms with Crippen molar-refractivity contribution in [3.05, 3.63) is 18.2 Å². The summed E-state index contributed by atoms with van der Waals surface area (Å²) in [5.74, 6) is -0.837. The fourth-order valence-corrected chi connectivity index (χ4v) is 1.45. The molecule has 3 N–H and O–H groups in total. The fraction of sp³-hybridized carbons (Fsp3) is 0.308. The van der Waals surface area contributed by atoms with Crippen LogP contribution in [0.25, 0.3) is 0 Å². The summed E-state index contributed by atoms with van der Waals surface area (Å²) < 4.78 is 10.1. The van der Waals surface area contributed by atoms with Gasteiger partial charge in [0, 0.05) is 30.3 Å². The summed E-state index contributed by atoms with van der Waals surface area (Å²) in [5, 5.41) is 12.9. The van der Waals surface area contributed by atoms with Crippen molar-refractivity contribution in [1.29, 1.82) is 0 Å². The number of imide groups is 1. The molecule has 0 aliphatic carbocycles. The zero-order valence-corrected chi connectivity index (χ0v) is 11.6. The second-order valence-corrected chi connectivity index (χ2v) is 4.00. The molecular formula is C13H16N2O6. The number of anilines is 1. The Balaban J connectivity index is 2.62. The van der Waals surface area contributed by atoms with Gasteiger partial charge in [-0.2, -0.15) is 0 Å². The van der Waals surface area contributed by atoms with E-state index in [1.807, 2.05) is 5.32 Å². The molecule has 0 bridgehead atoms. The van der Waals surface area contributed by atoms with E-state index in [1.165, 1.54) is 14.2 Å². The Morgan fingerprint density at radius 2 is 1.62 bits per heavy atom. The molecule has 0 aromatic heterocycles. The molecule has 8 nitrogen and oxygen atoms in total. The van der Waals surface area contributed by atoms with E-state index >= 15 is 0 Å². The van der Waals surface area contributed by atoms with E-state index in [0.29, 0.717) is 17.2 Å². The third-order valence-corrected chi connectivity index (χ3v) is 2.43. The summed E-state index contributed by atoms with van der Waals surface area (Å²) in [7, 11) is 2.93. The highest BCUT2D eigenvalue weighted by Gasteiger charge is 2.11. The first-order valence-corrected chi connectivity index (χ1v) is 6.00. The smallest absolute Gasteiger partial charge is 0.325 e. The van der Waals surface area contributed by atoms with E-state index in [0.717, 1.165) is 0 Å². The molecule has 0 heterocycles. The van der Waals surface area contributed by atoms with Crippen LogP contribution >= 0.6 is 0 Å². The lowest BCUT2D eigenvalue weighted by Gasteiger charge is -2.10. The van der Waals surface area contributed by atoms with E-state index in [-0.39, 0.29) is 12.8 Å². The van der Waals surface area contributed by atoms with Gasteiger partial charge in [0.05, 0.1) is 20.6 Å². The van der Waals surface area contributed by atoms with Crippen LogP contribution in [0.15, 0.2) is 18.2 Å². The Hall–Kier alpha value is -2.77. The van der Waals surface area contributed by atoms with E-state index < -0.39 is 17.9 Å². The van der Waals surface area contributed by atoms with Crippen molar-refractivity contribution in [3.63, 3.8) is 0 Å². The lowest BCUT2D eigenvalue weighted by molar-refractivity contribution is -0.138. The predicted octanol–water partition coefficient (Wildman–Crippen LogP) is 1.22. The number of carboxylic acids is 1. The number of amides is 3. The van der Waals surface area contributed by atoms with Gasteiger partial charge in [-0.3, -0.25) is 14.9 Å². The van der Waals surface area contributed by atoms with E-state index in [4.69, 9.17) is 14.6 Å². The highest BCUT2D eigenvalue weighted by Crippen LogP contribution is 2.25. The lowest BCUT2D eigenvalue weighted by Crippen LogP contribution is -2.34. The fourth-order valence-electron chi connectivity index (χ4n) is 1.45. The molecule has 0 saturated heterocycles. The zero-order valence-electron chi connectivity index (χ0n) is 11.6. The van der Waals surface area contributed by atoms with Gasteiger partial charge in [0.25, 0.3) is 0 Å². The molecule has 114 valence electrons. The van der Waals surface area contributed by atoms with Crippen molar-refractivity contribution in [2.75, 3.05) is 19.5 Å². The number of methoxy groups -OCH3 is 2. The monoisotopic (exact) mass is 296 g/mol. The highest BCUT2D eigenvalue weighted by molar-refractivity contribution is 6.01. The first-order valence-electron chi connectivity index (χ1n) is 6.00. The van der Waals surface area contributed by atoms with Gasteiger partial charge in [0.2, 0.25) is 5.91 Å². The molecule has 1 aromatic carbocycles. The van der Waals surface area contributed by atoms with Gasteiger partial charge in [-0.05, 0) is 0 Å². The molecule has 1 aromatic rings. The minimum absolute atomic E-state index is 0.274. The Labute approximate surface area is 121 Å². The quantitative estimate of drug-likeness (QED) is 0.727. The number of nitrogens with one attached hydrogen (secondary N) is 2. The molecule has 0 saturated carbocycles. The third kappa shape index (κ3) is 5.81. The molecule has 0 radical (unpaired) electrons. The molecule has 0 aliphatic rings. The number of carbonyl (C=O) groups excluding carboxylic acids is 2. The SMILES string of the molecule is COc1cc(NC(=O)NC(=O)CCC(=O)O)cc(OC)c1. The van der Waals surface area contributed by atoms with Crippen LogP contribution < -0.4 is 20.1 Å². The maximum atomic E-state index is 11.6. The molecule has 1 rings (SSSR count). The summed E-state index contributed by atoms with van der Waals surface area (Å²) in [4.78, 5) is 33.2. The van der Waals surface area contributed by atoms with E-state index in [1.54, 1.807) is 18.2 Å². The van der Waals surface area contributed by atoms with Gasteiger partial charge in [0.1, 0.15) is 11.5 Å². The number of ether oxygens (including phenoxy) is 2. The molecular weight excluding hydrogens is 280 g/mol. The van der Waals surface area contributed by atoms with Gasteiger partial charge in [-0.25, -0.2) is 4.79 Å². The van der Waals surface area contributed by atoms with Crippen LogP contribution in [0.5, 0.6) is 11.5 Å². The number of urea groups is 1. The van der Waals surface area contributed by atoms with Crippen molar-refractivity contribution in [2.45, 2.75) is 12.8 Å². The molecule has 8 heteroatoms. The highest BCUT2D eigenvalue weighted by atomic mass is 16.5. The minimum Gasteiger partial charge on any atom is -0.497 e. The molecule has 0 fully saturated rings. The number of hydrogen-bond donors (Lipinski definition) is 3. The Bertz CT molecular complexity index is 521. The maximum Gasteiger partial charge on any atom is 0.325 e.